The van der Waals surface area contributed by atoms with Crippen molar-refractivity contribution in [2.45, 2.75) is 26.4 Å². The number of aliphatic hydroxyl groups excluding tert-OH is 1. The second kappa shape index (κ2) is 4.14. The fourth-order valence-electron chi connectivity index (χ4n) is 0.996. The van der Waals surface area contributed by atoms with Crippen LogP contribution < -0.4 is 0 Å². The number of aryl methyl sites for hydroxylation is 1. The van der Waals surface area contributed by atoms with Gasteiger partial charge in [-0.2, -0.15) is 0 Å². The summed E-state index contributed by atoms with van der Waals surface area (Å²) in [4.78, 5) is 8.06. The van der Waals surface area contributed by atoms with E-state index in [1.165, 1.54) is 0 Å². The monoisotopic (exact) mass is 178 g/mol. The Balaban J connectivity index is 2.71. The zero-order chi connectivity index (χ0) is 9.84. The predicted molar refractivity (Wildman–Crippen MR) is 51.2 cm³/mol. The average molecular weight is 178 g/mol. The van der Waals surface area contributed by atoms with Crippen LogP contribution in [0.5, 0.6) is 0 Å². The van der Waals surface area contributed by atoms with Gasteiger partial charge in [0.1, 0.15) is 6.10 Å². The summed E-state index contributed by atoms with van der Waals surface area (Å²) in [5, 5.41) is 9.60. The molecular formula is C10H14N2O. The quantitative estimate of drug-likeness (QED) is 0.718. The molecule has 0 spiro atoms. The van der Waals surface area contributed by atoms with E-state index in [1.54, 1.807) is 12.4 Å². The molecule has 1 N–H and O–H groups in total. The van der Waals surface area contributed by atoms with Crippen molar-refractivity contribution in [1.82, 2.24) is 9.97 Å². The molecule has 0 saturated carbocycles. The van der Waals surface area contributed by atoms with E-state index in [0.29, 0.717) is 12.2 Å². The van der Waals surface area contributed by atoms with Crippen LogP contribution in [0.3, 0.4) is 0 Å². The summed E-state index contributed by atoms with van der Waals surface area (Å²) in [6.45, 7) is 7.51. The molecule has 0 aliphatic rings. The molecule has 0 aromatic carbocycles. The molecule has 0 amide bonds. The van der Waals surface area contributed by atoms with E-state index in [4.69, 9.17) is 0 Å². The number of hydrogen-bond acceptors (Lipinski definition) is 3. The molecule has 1 aromatic heterocycles. The Morgan fingerprint density at radius 2 is 2.08 bits per heavy atom. The SMILES string of the molecule is C=C(C)CC(O)c1ncc(C)cn1. The molecule has 0 aliphatic heterocycles. The highest BCUT2D eigenvalue weighted by Crippen LogP contribution is 2.15. The highest BCUT2D eigenvalue weighted by atomic mass is 16.3. The Kier molecular flexibility index (Phi) is 3.14. The van der Waals surface area contributed by atoms with Gasteiger partial charge in [0.2, 0.25) is 0 Å². The second-order valence-electron chi connectivity index (χ2n) is 3.30. The van der Waals surface area contributed by atoms with E-state index < -0.39 is 6.10 Å². The van der Waals surface area contributed by atoms with E-state index in [-0.39, 0.29) is 0 Å². The van der Waals surface area contributed by atoms with Crippen LogP contribution in [-0.2, 0) is 0 Å². The van der Waals surface area contributed by atoms with Crippen LogP contribution in [0.15, 0.2) is 24.5 Å². The average Bonchev–Trinajstić information content (AvgIpc) is 2.04. The molecule has 0 bridgehead atoms. The predicted octanol–water partition coefficient (Wildman–Crippen LogP) is 1.78. The first-order valence-electron chi connectivity index (χ1n) is 4.20. The molecular weight excluding hydrogens is 164 g/mol. The summed E-state index contributed by atoms with van der Waals surface area (Å²) in [5.41, 5.74) is 1.92. The van der Waals surface area contributed by atoms with Crippen LogP contribution in [0.25, 0.3) is 0 Å². The number of aliphatic hydroxyl groups is 1. The van der Waals surface area contributed by atoms with E-state index >= 15 is 0 Å². The van der Waals surface area contributed by atoms with Gasteiger partial charge in [-0.05, 0) is 19.4 Å². The molecule has 70 valence electrons. The zero-order valence-corrected chi connectivity index (χ0v) is 7.99. The summed E-state index contributed by atoms with van der Waals surface area (Å²) in [6.07, 6.45) is 3.29. The lowest BCUT2D eigenvalue weighted by molar-refractivity contribution is 0.168. The fraction of sp³-hybridized carbons (Fsp3) is 0.400. The molecule has 1 atom stereocenters. The molecule has 0 fully saturated rings. The number of aromatic nitrogens is 2. The Hall–Kier alpha value is -1.22. The summed E-state index contributed by atoms with van der Waals surface area (Å²) >= 11 is 0. The second-order valence-corrected chi connectivity index (χ2v) is 3.30. The maximum absolute atomic E-state index is 9.60. The van der Waals surface area contributed by atoms with Crippen LogP contribution in [0.2, 0.25) is 0 Å². The summed E-state index contributed by atoms with van der Waals surface area (Å²) < 4.78 is 0. The van der Waals surface area contributed by atoms with Crippen molar-refractivity contribution in [3.8, 4) is 0 Å². The Morgan fingerprint density at radius 1 is 1.54 bits per heavy atom. The summed E-state index contributed by atoms with van der Waals surface area (Å²) in [6, 6.07) is 0. The van der Waals surface area contributed by atoms with Crippen molar-refractivity contribution >= 4 is 0 Å². The highest BCUT2D eigenvalue weighted by molar-refractivity contribution is 5.05. The van der Waals surface area contributed by atoms with Crippen LogP contribution in [0.4, 0.5) is 0 Å². The van der Waals surface area contributed by atoms with Gasteiger partial charge in [0.25, 0.3) is 0 Å². The maximum Gasteiger partial charge on any atom is 0.157 e. The van der Waals surface area contributed by atoms with Gasteiger partial charge in [0, 0.05) is 18.8 Å². The minimum atomic E-state index is -0.627. The van der Waals surface area contributed by atoms with Gasteiger partial charge in [0.05, 0.1) is 0 Å². The number of nitrogens with zero attached hydrogens (tertiary/aromatic N) is 2. The third-order valence-electron chi connectivity index (χ3n) is 1.64. The standard InChI is InChI=1S/C10H14N2O/c1-7(2)4-9(13)10-11-5-8(3)6-12-10/h5-6,9,13H,1,4H2,2-3H3. The van der Waals surface area contributed by atoms with Gasteiger partial charge in [-0.1, -0.05) is 5.57 Å². The topological polar surface area (TPSA) is 46.0 Å². The van der Waals surface area contributed by atoms with E-state index in [1.807, 2.05) is 13.8 Å². The summed E-state index contributed by atoms with van der Waals surface area (Å²) in [5.74, 6) is 0.466. The fourth-order valence-corrected chi connectivity index (χ4v) is 0.996. The third kappa shape index (κ3) is 2.95. The van der Waals surface area contributed by atoms with Gasteiger partial charge < -0.3 is 5.11 Å². The molecule has 1 unspecified atom stereocenters. The Bertz CT molecular complexity index is 292. The third-order valence-corrected chi connectivity index (χ3v) is 1.64. The highest BCUT2D eigenvalue weighted by Gasteiger charge is 2.09. The van der Waals surface area contributed by atoms with Crippen LogP contribution in [0.1, 0.15) is 30.8 Å². The first-order valence-corrected chi connectivity index (χ1v) is 4.20. The zero-order valence-electron chi connectivity index (χ0n) is 7.99. The van der Waals surface area contributed by atoms with Crippen molar-refractivity contribution < 1.29 is 5.11 Å². The molecule has 0 aliphatic carbocycles. The smallest absolute Gasteiger partial charge is 0.157 e. The van der Waals surface area contributed by atoms with Crippen molar-refractivity contribution in [1.29, 1.82) is 0 Å². The van der Waals surface area contributed by atoms with Gasteiger partial charge in [-0.25, -0.2) is 9.97 Å². The first kappa shape index (κ1) is 9.86. The molecule has 3 heteroatoms. The van der Waals surface area contributed by atoms with Gasteiger partial charge in [0.15, 0.2) is 5.82 Å². The molecule has 1 aromatic rings. The minimum absolute atomic E-state index is 0.466. The lowest BCUT2D eigenvalue weighted by Gasteiger charge is -2.08. The van der Waals surface area contributed by atoms with Gasteiger partial charge >= 0.3 is 0 Å². The van der Waals surface area contributed by atoms with Crippen molar-refractivity contribution in [3.05, 3.63) is 35.9 Å². The molecule has 1 heterocycles. The van der Waals surface area contributed by atoms with E-state index in [0.717, 1.165) is 11.1 Å². The molecule has 1 rings (SSSR count). The Labute approximate surface area is 78.2 Å². The van der Waals surface area contributed by atoms with Crippen molar-refractivity contribution in [2.75, 3.05) is 0 Å². The van der Waals surface area contributed by atoms with Gasteiger partial charge in [-0.15, -0.1) is 6.58 Å². The number of hydrogen-bond donors (Lipinski definition) is 1. The Morgan fingerprint density at radius 3 is 2.54 bits per heavy atom. The minimum Gasteiger partial charge on any atom is -0.385 e. The summed E-state index contributed by atoms with van der Waals surface area (Å²) in [7, 11) is 0. The van der Waals surface area contributed by atoms with E-state index in [9.17, 15) is 5.11 Å². The first-order chi connectivity index (χ1) is 6.09. The van der Waals surface area contributed by atoms with Gasteiger partial charge in [-0.3, -0.25) is 0 Å². The number of rotatable bonds is 3. The van der Waals surface area contributed by atoms with Crippen LogP contribution in [0, 0.1) is 6.92 Å². The van der Waals surface area contributed by atoms with Crippen molar-refractivity contribution in [2.24, 2.45) is 0 Å². The van der Waals surface area contributed by atoms with Crippen LogP contribution in [-0.4, -0.2) is 15.1 Å². The molecule has 0 saturated heterocycles. The van der Waals surface area contributed by atoms with Crippen molar-refractivity contribution in [3.63, 3.8) is 0 Å². The largest absolute Gasteiger partial charge is 0.385 e. The molecule has 0 radical (unpaired) electrons. The van der Waals surface area contributed by atoms with E-state index in [2.05, 4.69) is 16.5 Å². The molecule has 13 heavy (non-hydrogen) atoms. The lowest BCUT2D eigenvalue weighted by Crippen LogP contribution is -2.03. The normalized spacial score (nSPS) is 12.5. The van der Waals surface area contributed by atoms with Crippen LogP contribution >= 0.6 is 0 Å². The maximum atomic E-state index is 9.60. The molecule has 3 nitrogen and oxygen atoms in total. The lowest BCUT2D eigenvalue weighted by atomic mass is 10.1.